The highest BCUT2D eigenvalue weighted by Crippen LogP contribution is 2.31. The summed E-state index contributed by atoms with van der Waals surface area (Å²) in [4.78, 5) is 0. The van der Waals surface area contributed by atoms with Crippen LogP contribution in [-0.4, -0.2) is 15.3 Å². The molecule has 1 rings (SSSR count). The number of rotatable bonds is 2. The summed E-state index contributed by atoms with van der Waals surface area (Å²) in [5, 5.41) is 27.7. The molecule has 0 aliphatic heterocycles. The van der Waals surface area contributed by atoms with Crippen molar-refractivity contribution >= 4 is 0 Å². The predicted octanol–water partition coefficient (Wildman–Crippen LogP) is 1.71. The zero-order valence-electron chi connectivity index (χ0n) is 7.78. The molecule has 3 heteroatoms. The third-order valence-electron chi connectivity index (χ3n) is 2.02. The van der Waals surface area contributed by atoms with Gasteiger partial charge in [0.05, 0.1) is 6.61 Å². The van der Waals surface area contributed by atoms with Crippen LogP contribution in [0.25, 0.3) is 0 Å². The number of aliphatic hydroxyl groups is 1. The third-order valence-corrected chi connectivity index (χ3v) is 2.02. The Kier molecular flexibility index (Phi) is 2.78. The molecule has 72 valence electrons. The molecule has 0 saturated carbocycles. The maximum atomic E-state index is 9.50. The van der Waals surface area contributed by atoms with Crippen LogP contribution in [0, 0.1) is 0 Å². The van der Waals surface area contributed by atoms with Gasteiger partial charge in [0.25, 0.3) is 0 Å². The van der Waals surface area contributed by atoms with Gasteiger partial charge in [-0.3, -0.25) is 0 Å². The van der Waals surface area contributed by atoms with Crippen LogP contribution < -0.4 is 0 Å². The normalized spacial score (nSPS) is 10.8. The van der Waals surface area contributed by atoms with E-state index in [9.17, 15) is 10.2 Å². The van der Waals surface area contributed by atoms with Crippen molar-refractivity contribution in [1.29, 1.82) is 0 Å². The second-order valence-electron chi connectivity index (χ2n) is 3.35. The van der Waals surface area contributed by atoms with Gasteiger partial charge in [0.15, 0.2) is 0 Å². The van der Waals surface area contributed by atoms with Gasteiger partial charge < -0.3 is 15.3 Å². The minimum Gasteiger partial charge on any atom is -0.508 e. The molecule has 0 aromatic heterocycles. The Balaban J connectivity index is 3.20. The Labute approximate surface area is 77.3 Å². The number of hydrogen-bond donors (Lipinski definition) is 3. The lowest BCUT2D eigenvalue weighted by Gasteiger charge is -2.10. The minimum atomic E-state index is -0.266. The Morgan fingerprint density at radius 2 is 1.77 bits per heavy atom. The Morgan fingerprint density at radius 1 is 1.15 bits per heavy atom. The average molecular weight is 182 g/mol. The fraction of sp³-hybridized carbons (Fsp3) is 0.400. The van der Waals surface area contributed by atoms with E-state index in [2.05, 4.69) is 0 Å². The average Bonchev–Trinajstić information content (AvgIpc) is 2.07. The lowest BCUT2D eigenvalue weighted by atomic mass is 10.00. The van der Waals surface area contributed by atoms with Crippen molar-refractivity contribution in [3.8, 4) is 11.5 Å². The molecule has 0 spiro atoms. The lowest BCUT2D eigenvalue weighted by molar-refractivity contribution is 0.274. The molecule has 3 nitrogen and oxygen atoms in total. The highest BCUT2D eigenvalue weighted by atomic mass is 16.3. The van der Waals surface area contributed by atoms with Crippen molar-refractivity contribution in [2.75, 3.05) is 0 Å². The fourth-order valence-corrected chi connectivity index (χ4v) is 1.23. The van der Waals surface area contributed by atoms with Gasteiger partial charge in [-0.15, -0.1) is 0 Å². The molecule has 0 aliphatic carbocycles. The van der Waals surface area contributed by atoms with Gasteiger partial charge in [0.1, 0.15) is 11.5 Å². The van der Waals surface area contributed by atoms with E-state index in [1.807, 2.05) is 13.8 Å². The number of benzene rings is 1. The van der Waals surface area contributed by atoms with Crippen molar-refractivity contribution in [3.63, 3.8) is 0 Å². The molecule has 0 unspecified atom stereocenters. The first-order chi connectivity index (χ1) is 6.06. The molecule has 1 aromatic rings. The number of aromatic hydroxyl groups is 2. The van der Waals surface area contributed by atoms with E-state index in [4.69, 9.17) is 5.11 Å². The van der Waals surface area contributed by atoms with E-state index in [0.717, 1.165) is 0 Å². The zero-order chi connectivity index (χ0) is 10.0. The molecular weight excluding hydrogens is 168 g/mol. The maximum absolute atomic E-state index is 9.50. The molecule has 0 amide bonds. The van der Waals surface area contributed by atoms with Crippen molar-refractivity contribution in [1.82, 2.24) is 0 Å². The second kappa shape index (κ2) is 3.66. The van der Waals surface area contributed by atoms with Crippen LogP contribution in [0.1, 0.15) is 30.9 Å². The standard InChI is InChI=1S/C10H14O3/c1-6(2)8-4-9(12)7(5-11)3-10(8)13/h3-4,6,11-13H,5H2,1-2H3. The Morgan fingerprint density at radius 3 is 2.23 bits per heavy atom. The highest BCUT2D eigenvalue weighted by molar-refractivity contribution is 5.46. The Hall–Kier alpha value is -1.22. The number of hydrogen-bond acceptors (Lipinski definition) is 3. The summed E-state index contributed by atoms with van der Waals surface area (Å²) < 4.78 is 0. The van der Waals surface area contributed by atoms with E-state index in [1.165, 1.54) is 12.1 Å². The Bertz CT molecular complexity index is 305. The summed E-state index contributed by atoms with van der Waals surface area (Å²) in [6, 6.07) is 2.89. The van der Waals surface area contributed by atoms with Crippen molar-refractivity contribution in [2.24, 2.45) is 0 Å². The molecule has 0 radical (unpaired) electrons. The van der Waals surface area contributed by atoms with Crippen LogP contribution in [0.5, 0.6) is 11.5 Å². The van der Waals surface area contributed by atoms with Gasteiger partial charge in [-0.05, 0) is 18.1 Å². The monoisotopic (exact) mass is 182 g/mol. The van der Waals surface area contributed by atoms with Crippen LogP contribution in [-0.2, 0) is 6.61 Å². The molecule has 0 saturated heterocycles. The van der Waals surface area contributed by atoms with E-state index >= 15 is 0 Å². The van der Waals surface area contributed by atoms with Crippen LogP contribution in [0.15, 0.2) is 12.1 Å². The summed E-state index contributed by atoms with van der Waals surface area (Å²) in [5.74, 6) is 0.305. The summed E-state index contributed by atoms with van der Waals surface area (Å²) in [5.41, 5.74) is 1.04. The van der Waals surface area contributed by atoms with E-state index in [-0.39, 0.29) is 24.0 Å². The first-order valence-corrected chi connectivity index (χ1v) is 4.22. The molecule has 0 heterocycles. The van der Waals surface area contributed by atoms with Crippen molar-refractivity contribution < 1.29 is 15.3 Å². The summed E-state index contributed by atoms with van der Waals surface area (Å²) >= 11 is 0. The fourth-order valence-electron chi connectivity index (χ4n) is 1.23. The predicted molar refractivity (Wildman–Crippen MR) is 49.8 cm³/mol. The highest BCUT2D eigenvalue weighted by Gasteiger charge is 2.10. The van der Waals surface area contributed by atoms with Gasteiger partial charge in [-0.25, -0.2) is 0 Å². The largest absolute Gasteiger partial charge is 0.508 e. The van der Waals surface area contributed by atoms with Crippen molar-refractivity contribution in [3.05, 3.63) is 23.3 Å². The molecule has 1 aromatic carbocycles. The molecule has 0 bridgehead atoms. The first kappa shape index (κ1) is 9.86. The van der Waals surface area contributed by atoms with Gasteiger partial charge in [-0.1, -0.05) is 13.8 Å². The third kappa shape index (κ3) is 1.92. The van der Waals surface area contributed by atoms with Crippen LogP contribution in [0.3, 0.4) is 0 Å². The summed E-state index contributed by atoms with van der Waals surface area (Å²) in [6.07, 6.45) is 0. The summed E-state index contributed by atoms with van der Waals surface area (Å²) in [7, 11) is 0. The topological polar surface area (TPSA) is 60.7 Å². The van der Waals surface area contributed by atoms with Gasteiger partial charge in [-0.2, -0.15) is 0 Å². The number of phenols is 2. The maximum Gasteiger partial charge on any atom is 0.121 e. The van der Waals surface area contributed by atoms with Gasteiger partial charge >= 0.3 is 0 Å². The molecular formula is C10H14O3. The van der Waals surface area contributed by atoms with Crippen LogP contribution in [0.2, 0.25) is 0 Å². The van der Waals surface area contributed by atoms with E-state index in [0.29, 0.717) is 11.1 Å². The number of phenolic OH excluding ortho intramolecular Hbond substituents is 1. The smallest absolute Gasteiger partial charge is 0.121 e. The lowest BCUT2D eigenvalue weighted by Crippen LogP contribution is -1.91. The first-order valence-electron chi connectivity index (χ1n) is 4.22. The van der Waals surface area contributed by atoms with Crippen molar-refractivity contribution in [2.45, 2.75) is 26.4 Å². The van der Waals surface area contributed by atoms with Crippen LogP contribution in [0.4, 0.5) is 0 Å². The summed E-state index contributed by atoms with van der Waals surface area (Å²) in [6.45, 7) is 3.58. The van der Waals surface area contributed by atoms with E-state index in [1.54, 1.807) is 0 Å². The van der Waals surface area contributed by atoms with Crippen LogP contribution >= 0.6 is 0 Å². The second-order valence-corrected chi connectivity index (χ2v) is 3.35. The molecule has 3 N–H and O–H groups in total. The molecule has 0 fully saturated rings. The molecule has 0 aliphatic rings. The van der Waals surface area contributed by atoms with Gasteiger partial charge in [0.2, 0.25) is 0 Å². The van der Waals surface area contributed by atoms with Gasteiger partial charge in [0, 0.05) is 11.1 Å². The number of aliphatic hydroxyl groups excluding tert-OH is 1. The molecule has 13 heavy (non-hydrogen) atoms. The SMILES string of the molecule is CC(C)c1cc(O)c(CO)cc1O. The zero-order valence-corrected chi connectivity index (χ0v) is 7.78. The minimum absolute atomic E-state index is 0.0315. The quantitative estimate of drug-likeness (QED) is 0.610. The molecule has 0 atom stereocenters. The van der Waals surface area contributed by atoms with E-state index < -0.39 is 0 Å².